The molecule has 1 N–H and O–H groups in total. The van der Waals surface area contributed by atoms with Gasteiger partial charge in [-0.05, 0) is 69.1 Å². The first kappa shape index (κ1) is 11.9. The van der Waals surface area contributed by atoms with E-state index in [0.717, 1.165) is 24.7 Å². The highest BCUT2D eigenvalue weighted by Gasteiger charge is 2.30. The predicted octanol–water partition coefficient (Wildman–Crippen LogP) is 3.12. The summed E-state index contributed by atoms with van der Waals surface area (Å²) < 4.78 is 0. The van der Waals surface area contributed by atoms with Gasteiger partial charge in [-0.25, -0.2) is 0 Å². The summed E-state index contributed by atoms with van der Waals surface area (Å²) in [6, 6.07) is 2.41. The number of nitriles is 1. The highest BCUT2D eigenvalue weighted by Crippen LogP contribution is 2.40. The quantitative estimate of drug-likeness (QED) is 0.778. The fourth-order valence-corrected chi connectivity index (χ4v) is 3.56. The van der Waals surface area contributed by atoms with Crippen LogP contribution in [-0.2, 0) is 0 Å². The van der Waals surface area contributed by atoms with E-state index in [0.29, 0.717) is 18.4 Å². The smallest absolute Gasteiger partial charge is 0.0655 e. The highest BCUT2D eigenvalue weighted by molar-refractivity contribution is 4.89. The van der Waals surface area contributed by atoms with Crippen molar-refractivity contribution in [1.29, 1.82) is 5.26 Å². The van der Waals surface area contributed by atoms with Crippen LogP contribution in [0.25, 0.3) is 0 Å². The Kier molecular flexibility index (Phi) is 4.23. The molecule has 0 spiro atoms. The van der Waals surface area contributed by atoms with Crippen molar-refractivity contribution in [1.82, 2.24) is 0 Å². The minimum Gasteiger partial charge on any atom is -0.396 e. The standard InChI is InChI=1S/C14H23NO/c15-9-11-1-5-13(6-2-11)14-7-3-12(10-16)4-8-14/h11-14,16H,1-8,10H2/t11-,12?,13-,14?. The fourth-order valence-electron chi connectivity index (χ4n) is 3.56. The topological polar surface area (TPSA) is 44.0 Å². The van der Waals surface area contributed by atoms with Gasteiger partial charge in [-0.2, -0.15) is 5.26 Å². The third kappa shape index (κ3) is 2.77. The van der Waals surface area contributed by atoms with E-state index in [1.54, 1.807) is 0 Å². The molecule has 16 heavy (non-hydrogen) atoms. The van der Waals surface area contributed by atoms with Crippen LogP contribution in [0.1, 0.15) is 51.4 Å². The van der Waals surface area contributed by atoms with Gasteiger partial charge in [0.15, 0.2) is 0 Å². The van der Waals surface area contributed by atoms with Crippen LogP contribution < -0.4 is 0 Å². The largest absolute Gasteiger partial charge is 0.396 e. The van der Waals surface area contributed by atoms with Crippen LogP contribution in [0.4, 0.5) is 0 Å². The molecular formula is C14H23NO. The Morgan fingerprint density at radius 3 is 1.81 bits per heavy atom. The Hall–Kier alpha value is -0.550. The molecule has 0 amide bonds. The Bertz CT molecular complexity index is 242. The van der Waals surface area contributed by atoms with Crippen LogP contribution in [-0.4, -0.2) is 11.7 Å². The summed E-state index contributed by atoms with van der Waals surface area (Å²) in [5, 5.41) is 18.0. The maximum Gasteiger partial charge on any atom is 0.0655 e. The van der Waals surface area contributed by atoms with E-state index in [2.05, 4.69) is 6.07 Å². The monoisotopic (exact) mass is 221 g/mol. The lowest BCUT2D eigenvalue weighted by Gasteiger charge is -2.36. The van der Waals surface area contributed by atoms with Crippen LogP contribution in [0, 0.1) is 35.0 Å². The molecule has 0 bridgehead atoms. The van der Waals surface area contributed by atoms with Crippen molar-refractivity contribution in [2.45, 2.75) is 51.4 Å². The number of hydrogen-bond acceptors (Lipinski definition) is 2. The third-order valence-corrected chi connectivity index (χ3v) is 4.77. The van der Waals surface area contributed by atoms with Gasteiger partial charge >= 0.3 is 0 Å². The first-order valence-corrected chi connectivity index (χ1v) is 6.84. The molecular weight excluding hydrogens is 198 g/mol. The van der Waals surface area contributed by atoms with Gasteiger partial charge in [0.05, 0.1) is 6.07 Å². The molecule has 2 heteroatoms. The van der Waals surface area contributed by atoms with E-state index in [1.165, 1.54) is 38.5 Å². The summed E-state index contributed by atoms with van der Waals surface area (Å²) in [6.07, 6.45) is 9.86. The van der Waals surface area contributed by atoms with Gasteiger partial charge in [0.25, 0.3) is 0 Å². The molecule has 2 fully saturated rings. The number of rotatable bonds is 2. The summed E-state index contributed by atoms with van der Waals surface area (Å²) in [7, 11) is 0. The first-order valence-electron chi connectivity index (χ1n) is 6.84. The molecule has 2 nitrogen and oxygen atoms in total. The summed E-state index contributed by atoms with van der Waals surface area (Å²) in [6.45, 7) is 0.383. The number of nitrogens with zero attached hydrogens (tertiary/aromatic N) is 1. The van der Waals surface area contributed by atoms with E-state index in [1.807, 2.05) is 0 Å². The van der Waals surface area contributed by atoms with Gasteiger partial charge in [-0.15, -0.1) is 0 Å². The molecule has 0 aromatic carbocycles. The Labute approximate surface area is 98.7 Å². The van der Waals surface area contributed by atoms with Crippen LogP contribution in [0.5, 0.6) is 0 Å². The second kappa shape index (κ2) is 5.68. The van der Waals surface area contributed by atoms with Crippen molar-refractivity contribution in [3.05, 3.63) is 0 Å². The van der Waals surface area contributed by atoms with Gasteiger partial charge < -0.3 is 5.11 Å². The lowest BCUT2D eigenvalue weighted by Crippen LogP contribution is -2.26. The maximum atomic E-state index is 9.12. The van der Waals surface area contributed by atoms with Crippen molar-refractivity contribution >= 4 is 0 Å². The average molecular weight is 221 g/mol. The van der Waals surface area contributed by atoms with Gasteiger partial charge in [0, 0.05) is 12.5 Å². The van der Waals surface area contributed by atoms with Crippen molar-refractivity contribution in [2.24, 2.45) is 23.7 Å². The number of hydrogen-bond donors (Lipinski definition) is 1. The minimum absolute atomic E-state index is 0.338. The van der Waals surface area contributed by atoms with E-state index < -0.39 is 0 Å². The first-order chi connectivity index (χ1) is 7.83. The minimum atomic E-state index is 0.338. The maximum absolute atomic E-state index is 9.12. The van der Waals surface area contributed by atoms with Crippen LogP contribution in [0.3, 0.4) is 0 Å². The van der Waals surface area contributed by atoms with Crippen molar-refractivity contribution in [3.63, 3.8) is 0 Å². The van der Waals surface area contributed by atoms with E-state index >= 15 is 0 Å². The van der Waals surface area contributed by atoms with Gasteiger partial charge in [0.1, 0.15) is 0 Å². The zero-order chi connectivity index (χ0) is 11.4. The van der Waals surface area contributed by atoms with Gasteiger partial charge in [0.2, 0.25) is 0 Å². The van der Waals surface area contributed by atoms with Crippen molar-refractivity contribution in [3.8, 4) is 6.07 Å². The van der Waals surface area contributed by atoms with E-state index in [4.69, 9.17) is 10.4 Å². The van der Waals surface area contributed by atoms with Crippen molar-refractivity contribution in [2.75, 3.05) is 6.61 Å². The summed E-state index contributed by atoms with van der Waals surface area (Å²) >= 11 is 0. The zero-order valence-corrected chi connectivity index (χ0v) is 10.1. The molecule has 0 aromatic heterocycles. The average Bonchev–Trinajstić information content (AvgIpc) is 2.39. The molecule has 0 saturated heterocycles. The Balaban J connectivity index is 1.76. The normalized spacial score (nSPS) is 40.2. The predicted molar refractivity (Wildman–Crippen MR) is 63.6 cm³/mol. The van der Waals surface area contributed by atoms with Crippen LogP contribution >= 0.6 is 0 Å². The molecule has 0 radical (unpaired) electrons. The molecule has 2 aliphatic carbocycles. The fraction of sp³-hybridized carbons (Fsp3) is 0.929. The molecule has 0 atom stereocenters. The second-order valence-corrected chi connectivity index (χ2v) is 5.70. The highest BCUT2D eigenvalue weighted by atomic mass is 16.3. The van der Waals surface area contributed by atoms with Gasteiger partial charge in [-0.3, -0.25) is 0 Å². The second-order valence-electron chi connectivity index (χ2n) is 5.70. The zero-order valence-electron chi connectivity index (χ0n) is 10.1. The molecule has 0 unspecified atom stereocenters. The Morgan fingerprint density at radius 1 is 0.875 bits per heavy atom. The SMILES string of the molecule is N#C[C@H]1CC[C@H](C2CCC(CO)CC2)CC1. The summed E-state index contributed by atoms with van der Waals surface area (Å²) in [5.74, 6) is 2.68. The third-order valence-electron chi connectivity index (χ3n) is 4.77. The summed E-state index contributed by atoms with van der Waals surface area (Å²) in [5.41, 5.74) is 0. The molecule has 2 rings (SSSR count). The molecule has 2 saturated carbocycles. The van der Waals surface area contributed by atoms with Crippen LogP contribution in [0.2, 0.25) is 0 Å². The lowest BCUT2D eigenvalue weighted by atomic mass is 9.69. The molecule has 2 aliphatic rings. The van der Waals surface area contributed by atoms with E-state index in [9.17, 15) is 0 Å². The molecule has 0 aromatic rings. The van der Waals surface area contributed by atoms with Crippen LogP contribution in [0.15, 0.2) is 0 Å². The molecule has 0 aliphatic heterocycles. The molecule has 90 valence electrons. The van der Waals surface area contributed by atoms with Crippen molar-refractivity contribution < 1.29 is 5.11 Å². The van der Waals surface area contributed by atoms with E-state index in [-0.39, 0.29) is 0 Å². The molecule has 0 heterocycles. The Morgan fingerprint density at radius 2 is 1.38 bits per heavy atom. The number of aliphatic hydroxyl groups is 1. The lowest BCUT2D eigenvalue weighted by molar-refractivity contribution is 0.122. The summed E-state index contributed by atoms with van der Waals surface area (Å²) in [4.78, 5) is 0. The number of aliphatic hydroxyl groups excluding tert-OH is 1. The van der Waals surface area contributed by atoms with Gasteiger partial charge in [-0.1, -0.05) is 0 Å².